The van der Waals surface area contributed by atoms with Crippen LogP contribution in [-0.2, 0) is 4.79 Å². The molecular weight excluding hydrogens is 226 g/mol. The van der Waals surface area contributed by atoms with Gasteiger partial charge in [0.1, 0.15) is 0 Å². The zero-order valence-corrected chi connectivity index (χ0v) is 10.8. The van der Waals surface area contributed by atoms with E-state index >= 15 is 0 Å². The monoisotopic (exact) mass is 245 g/mol. The summed E-state index contributed by atoms with van der Waals surface area (Å²) in [5.74, 6) is -0.00213. The third-order valence-corrected chi connectivity index (χ3v) is 3.22. The average molecular weight is 245 g/mol. The summed E-state index contributed by atoms with van der Waals surface area (Å²) in [5.41, 5.74) is 6.92. The molecular formula is C14H19N3O. The highest BCUT2D eigenvalue weighted by molar-refractivity contribution is 6.03. The van der Waals surface area contributed by atoms with Gasteiger partial charge in [-0.3, -0.25) is 4.79 Å². The van der Waals surface area contributed by atoms with E-state index in [9.17, 15) is 4.79 Å². The van der Waals surface area contributed by atoms with Gasteiger partial charge < -0.3 is 16.0 Å². The number of carbonyl (C=O) groups is 1. The van der Waals surface area contributed by atoms with Gasteiger partial charge in [-0.15, -0.1) is 0 Å². The lowest BCUT2D eigenvalue weighted by Crippen LogP contribution is -2.32. The van der Waals surface area contributed by atoms with Crippen molar-refractivity contribution in [3.63, 3.8) is 0 Å². The molecule has 0 saturated heterocycles. The molecule has 18 heavy (non-hydrogen) atoms. The molecule has 2 rings (SSSR count). The Morgan fingerprint density at radius 1 is 1.39 bits per heavy atom. The second-order valence-electron chi connectivity index (χ2n) is 5.12. The van der Waals surface area contributed by atoms with Crippen LogP contribution in [0.2, 0.25) is 0 Å². The molecule has 1 aromatic heterocycles. The van der Waals surface area contributed by atoms with Crippen LogP contribution in [0.5, 0.6) is 0 Å². The summed E-state index contributed by atoms with van der Waals surface area (Å²) in [7, 11) is 0. The molecule has 2 aromatic rings. The van der Waals surface area contributed by atoms with Crippen molar-refractivity contribution >= 4 is 22.5 Å². The Morgan fingerprint density at radius 2 is 2.11 bits per heavy atom. The van der Waals surface area contributed by atoms with Gasteiger partial charge in [-0.25, -0.2) is 0 Å². The summed E-state index contributed by atoms with van der Waals surface area (Å²) >= 11 is 0. The molecule has 0 atom stereocenters. The maximum atomic E-state index is 12.2. The number of H-pyrrole nitrogens is 1. The molecule has 0 aliphatic rings. The summed E-state index contributed by atoms with van der Waals surface area (Å²) in [6.45, 7) is 4.32. The smallest absolute Gasteiger partial charge is 0.230 e. The first-order valence-corrected chi connectivity index (χ1v) is 6.12. The summed E-state index contributed by atoms with van der Waals surface area (Å²) in [6.07, 6.45) is 2.49. The number of hydrogen-bond acceptors (Lipinski definition) is 2. The number of fused-ring (bicyclic) bond motifs is 1. The second kappa shape index (κ2) is 4.82. The van der Waals surface area contributed by atoms with Crippen LogP contribution in [0.1, 0.15) is 20.3 Å². The maximum absolute atomic E-state index is 12.2. The van der Waals surface area contributed by atoms with E-state index < -0.39 is 5.41 Å². The molecule has 0 fully saturated rings. The fourth-order valence-corrected chi connectivity index (χ4v) is 1.94. The maximum Gasteiger partial charge on any atom is 0.230 e. The van der Waals surface area contributed by atoms with E-state index in [-0.39, 0.29) is 5.91 Å². The number of benzene rings is 1. The number of nitrogens with one attached hydrogen (secondary N) is 2. The number of para-hydroxylation sites is 1. The minimum atomic E-state index is -0.451. The Hall–Kier alpha value is -1.81. The molecule has 4 N–H and O–H groups in total. The number of carbonyl (C=O) groups excluding carboxylic acids is 1. The van der Waals surface area contributed by atoms with Gasteiger partial charge in [-0.05, 0) is 19.0 Å². The minimum Gasteiger partial charge on any atom is -0.359 e. The topological polar surface area (TPSA) is 70.9 Å². The van der Waals surface area contributed by atoms with Crippen LogP contribution in [0.4, 0.5) is 5.69 Å². The van der Waals surface area contributed by atoms with Crippen molar-refractivity contribution in [3.05, 3.63) is 30.5 Å². The van der Waals surface area contributed by atoms with E-state index in [4.69, 9.17) is 5.73 Å². The minimum absolute atomic E-state index is 0.00213. The first-order valence-electron chi connectivity index (χ1n) is 6.12. The second-order valence-corrected chi connectivity index (χ2v) is 5.12. The number of nitrogens with two attached hydrogens (primary N) is 1. The van der Waals surface area contributed by atoms with Crippen LogP contribution in [0.3, 0.4) is 0 Å². The summed E-state index contributed by atoms with van der Waals surface area (Å²) < 4.78 is 0. The lowest BCUT2D eigenvalue weighted by atomic mass is 9.88. The van der Waals surface area contributed by atoms with Crippen LogP contribution < -0.4 is 11.1 Å². The first kappa shape index (κ1) is 12.6. The van der Waals surface area contributed by atoms with Crippen LogP contribution in [-0.4, -0.2) is 17.4 Å². The van der Waals surface area contributed by atoms with Crippen molar-refractivity contribution in [3.8, 4) is 0 Å². The van der Waals surface area contributed by atoms with E-state index in [1.54, 1.807) is 0 Å². The molecule has 0 saturated carbocycles. The molecule has 0 aliphatic carbocycles. The van der Waals surface area contributed by atoms with E-state index in [1.165, 1.54) is 0 Å². The van der Waals surface area contributed by atoms with E-state index in [2.05, 4.69) is 10.3 Å². The number of rotatable bonds is 4. The molecule has 4 nitrogen and oxygen atoms in total. The number of anilines is 1. The van der Waals surface area contributed by atoms with Crippen molar-refractivity contribution in [2.45, 2.75) is 20.3 Å². The van der Waals surface area contributed by atoms with Crippen LogP contribution in [0.25, 0.3) is 10.9 Å². The van der Waals surface area contributed by atoms with Crippen molar-refractivity contribution < 1.29 is 4.79 Å². The van der Waals surface area contributed by atoms with E-state index in [1.807, 2.05) is 44.3 Å². The van der Waals surface area contributed by atoms with Gasteiger partial charge in [-0.1, -0.05) is 32.0 Å². The molecule has 96 valence electrons. The lowest BCUT2D eigenvalue weighted by Gasteiger charge is -2.22. The fraction of sp³-hybridized carbons (Fsp3) is 0.357. The molecule has 0 spiro atoms. The molecule has 0 aliphatic heterocycles. The zero-order valence-electron chi connectivity index (χ0n) is 10.8. The highest BCUT2D eigenvalue weighted by atomic mass is 16.2. The molecule has 1 heterocycles. The van der Waals surface area contributed by atoms with Crippen molar-refractivity contribution in [1.82, 2.24) is 4.98 Å². The van der Waals surface area contributed by atoms with Crippen molar-refractivity contribution in [1.29, 1.82) is 0 Å². The Balaban J connectivity index is 2.21. The van der Waals surface area contributed by atoms with Crippen molar-refractivity contribution in [2.24, 2.45) is 11.1 Å². The van der Waals surface area contributed by atoms with Gasteiger partial charge >= 0.3 is 0 Å². The van der Waals surface area contributed by atoms with Gasteiger partial charge in [0, 0.05) is 22.5 Å². The predicted molar refractivity (Wildman–Crippen MR) is 74.4 cm³/mol. The zero-order chi connectivity index (χ0) is 13.2. The van der Waals surface area contributed by atoms with Crippen molar-refractivity contribution in [2.75, 3.05) is 11.9 Å². The highest BCUT2D eigenvalue weighted by Crippen LogP contribution is 2.26. The SMILES string of the molecule is CC(C)(CCN)C(=O)Nc1c[nH]c2ccccc12. The number of hydrogen-bond donors (Lipinski definition) is 3. The lowest BCUT2D eigenvalue weighted by molar-refractivity contribution is -0.124. The fourth-order valence-electron chi connectivity index (χ4n) is 1.94. The quantitative estimate of drug-likeness (QED) is 0.774. The van der Waals surface area contributed by atoms with Crippen LogP contribution in [0.15, 0.2) is 30.5 Å². The van der Waals surface area contributed by atoms with Crippen LogP contribution in [0, 0.1) is 5.41 Å². The average Bonchev–Trinajstić information content (AvgIpc) is 2.73. The molecule has 1 amide bonds. The van der Waals surface area contributed by atoms with Gasteiger partial charge in [0.15, 0.2) is 0 Å². The molecule has 4 heteroatoms. The molecule has 0 radical (unpaired) electrons. The highest BCUT2D eigenvalue weighted by Gasteiger charge is 2.27. The summed E-state index contributed by atoms with van der Waals surface area (Å²) in [6, 6.07) is 7.88. The van der Waals surface area contributed by atoms with E-state index in [0.717, 1.165) is 16.6 Å². The Morgan fingerprint density at radius 3 is 2.83 bits per heavy atom. The summed E-state index contributed by atoms with van der Waals surface area (Å²) in [5, 5.41) is 3.99. The summed E-state index contributed by atoms with van der Waals surface area (Å²) in [4.78, 5) is 15.3. The third kappa shape index (κ3) is 2.38. The first-order chi connectivity index (χ1) is 8.54. The van der Waals surface area contributed by atoms with Gasteiger partial charge in [0.25, 0.3) is 0 Å². The Kier molecular flexibility index (Phi) is 3.39. The molecule has 0 unspecified atom stereocenters. The molecule has 0 bridgehead atoms. The Bertz CT molecular complexity index is 557. The predicted octanol–water partition coefficient (Wildman–Crippen LogP) is 2.48. The van der Waals surface area contributed by atoms with Crippen LogP contribution >= 0.6 is 0 Å². The normalized spacial score (nSPS) is 11.7. The third-order valence-electron chi connectivity index (χ3n) is 3.22. The van der Waals surface area contributed by atoms with Gasteiger partial charge in [0.2, 0.25) is 5.91 Å². The number of amides is 1. The Labute approximate surface area is 107 Å². The van der Waals surface area contributed by atoms with Gasteiger partial charge in [-0.2, -0.15) is 0 Å². The molecule has 1 aromatic carbocycles. The largest absolute Gasteiger partial charge is 0.359 e. The van der Waals surface area contributed by atoms with Gasteiger partial charge in [0.05, 0.1) is 5.69 Å². The standard InChI is InChI=1S/C14H19N3O/c1-14(2,7-8-15)13(18)17-12-9-16-11-6-4-3-5-10(11)12/h3-6,9,16H,7-8,15H2,1-2H3,(H,17,18). The van der Waals surface area contributed by atoms with E-state index in [0.29, 0.717) is 13.0 Å². The number of aromatic amines is 1. The number of aromatic nitrogens is 1.